The molecule has 2 aromatic rings. The molecule has 0 fully saturated rings. The van der Waals surface area contributed by atoms with E-state index in [1.54, 1.807) is 11.3 Å². The first-order chi connectivity index (χ1) is 8.72. The summed E-state index contributed by atoms with van der Waals surface area (Å²) in [5.41, 5.74) is 2.91. The van der Waals surface area contributed by atoms with E-state index in [4.69, 9.17) is 0 Å². The van der Waals surface area contributed by atoms with Gasteiger partial charge in [0.1, 0.15) is 5.82 Å². The van der Waals surface area contributed by atoms with Crippen LogP contribution in [0.1, 0.15) is 40.6 Å². The van der Waals surface area contributed by atoms with E-state index in [0.717, 1.165) is 53.5 Å². The molecule has 3 rings (SSSR count). The number of rotatable bonds is 2. The maximum atomic E-state index is 12.0. The number of nitrogens with one attached hydrogen (secondary N) is 1. The van der Waals surface area contributed by atoms with Crippen LogP contribution in [0.5, 0.6) is 0 Å². The molecule has 0 aromatic carbocycles. The number of aryl methyl sites for hydroxylation is 2. The highest BCUT2D eigenvalue weighted by molar-refractivity contribution is 7.09. The van der Waals surface area contributed by atoms with Gasteiger partial charge in [-0.2, -0.15) is 0 Å². The summed E-state index contributed by atoms with van der Waals surface area (Å²) in [7, 11) is 0. The summed E-state index contributed by atoms with van der Waals surface area (Å²) >= 11 is 1.63. The third-order valence-corrected chi connectivity index (χ3v) is 4.08. The van der Waals surface area contributed by atoms with Crippen molar-refractivity contribution >= 4 is 11.3 Å². The Bertz CT molecular complexity index is 629. The van der Waals surface area contributed by atoms with E-state index in [-0.39, 0.29) is 5.56 Å². The predicted octanol–water partition coefficient (Wildman–Crippen LogP) is 2.00. The largest absolute Gasteiger partial charge is 0.310 e. The van der Waals surface area contributed by atoms with Gasteiger partial charge in [0.25, 0.3) is 5.56 Å². The Morgan fingerprint density at radius 2 is 2.17 bits per heavy atom. The smallest absolute Gasteiger partial charge is 0.254 e. The van der Waals surface area contributed by atoms with Crippen LogP contribution in [0.3, 0.4) is 0 Å². The summed E-state index contributed by atoms with van der Waals surface area (Å²) in [6.07, 6.45) is 4.66. The van der Waals surface area contributed by atoms with Crippen LogP contribution in [0.25, 0.3) is 0 Å². The lowest BCUT2D eigenvalue weighted by Gasteiger charge is -2.14. The monoisotopic (exact) mass is 261 g/mol. The van der Waals surface area contributed by atoms with Gasteiger partial charge < -0.3 is 4.98 Å². The van der Waals surface area contributed by atoms with E-state index in [2.05, 4.69) is 15.0 Å². The molecule has 0 bridgehead atoms. The van der Waals surface area contributed by atoms with Gasteiger partial charge in [-0.15, -0.1) is 11.3 Å². The van der Waals surface area contributed by atoms with Crippen LogP contribution in [-0.4, -0.2) is 15.0 Å². The first kappa shape index (κ1) is 11.6. The highest BCUT2D eigenvalue weighted by Crippen LogP contribution is 2.17. The molecule has 0 saturated carbocycles. The van der Waals surface area contributed by atoms with Crippen molar-refractivity contribution in [3.63, 3.8) is 0 Å². The Labute approximate surface area is 109 Å². The zero-order chi connectivity index (χ0) is 12.5. The van der Waals surface area contributed by atoms with Crippen LogP contribution >= 0.6 is 11.3 Å². The zero-order valence-electron chi connectivity index (χ0n) is 10.3. The summed E-state index contributed by atoms with van der Waals surface area (Å²) in [6.45, 7) is 1.98. The molecule has 18 heavy (non-hydrogen) atoms. The third-order valence-electron chi connectivity index (χ3n) is 3.26. The Morgan fingerprint density at radius 3 is 2.94 bits per heavy atom. The lowest BCUT2D eigenvalue weighted by atomic mass is 9.97. The molecule has 1 aliphatic rings. The molecule has 5 heteroatoms. The maximum absolute atomic E-state index is 12.0. The van der Waals surface area contributed by atoms with Crippen LogP contribution in [0.2, 0.25) is 0 Å². The van der Waals surface area contributed by atoms with E-state index in [1.807, 2.05) is 12.3 Å². The fourth-order valence-corrected chi connectivity index (χ4v) is 3.01. The molecule has 0 aliphatic heterocycles. The number of fused-ring (bicyclic) bond motifs is 1. The first-order valence-electron chi connectivity index (χ1n) is 6.24. The van der Waals surface area contributed by atoms with E-state index in [9.17, 15) is 4.79 Å². The lowest BCUT2D eigenvalue weighted by Crippen LogP contribution is -2.23. The van der Waals surface area contributed by atoms with E-state index in [1.165, 1.54) is 0 Å². The summed E-state index contributed by atoms with van der Waals surface area (Å²) in [5.74, 6) is 0.742. The third kappa shape index (κ3) is 2.22. The minimum atomic E-state index is 0.0432. The fourth-order valence-electron chi connectivity index (χ4n) is 2.40. The van der Waals surface area contributed by atoms with Crippen molar-refractivity contribution in [1.82, 2.24) is 15.0 Å². The molecule has 0 amide bonds. The second-order valence-corrected chi connectivity index (χ2v) is 5.74. The van der Waals surface area contributed by atoms with E-state index >= 15 is 0 Å². The normalized spacial score (nSPS) is 14.5. The van der Waals surface area contributed by atoms with E-state index < -0.39 is 0 Å². The Kier molecular flexibility index (Phi) is 2.99. The van der Waals surface area contributed by atoms with Crippen molar-refractivity contribution in [3.05, 3.63) is 43.5 Å². The van der Waals surface area contributed by atoms with Crippen molar-refractivity contribution < 1.29 is 0 Å². The van der Waals surface area contributed by atoms with Crippen LogP contribution in [0, 0.1) is 6.92 Å². The van der Waals surface area contributed by atoms with Crippen LogP contribution in [0.15, 0.2) is 10.2 Å². The van der Waals surface area contributed by atoms with Gasteiger partial charge in [-0.3, -0.25) is 4.79 Å². The second kappa shape index (κ2) is 4.65. The molecular formula is C13H15N3OS. The molecule has 1 N–H and O–H groups in total. The van der Waals surface area contributed by atoms with Gasteiger partial charge in [-0.05, 0) is 32.6 Å². The molecule has 2 heterocycles. The van der Waals surface area contributed by atoms with Gasteiger partial charge >= 0.3 is 0 Å². The van der Waals surface area contributed by atoms with Gasteiger partial charge in [-0.25, -0.2) is 9.97 Å². The Hall–Kier alpha value is -1.49. The average molecular weight is 261 g/mol. The van der Waals surface area contributed by atoms with Gasteiger partial charge in [0.05, 0.1) is 16.4 Å². The minimum absolute atomic E-state index is 0.0432. The van der Waals surface area contributed by atoms with Crippen LogP contribution in [0.4, 0.5) is 0 Å². The number of thiazole rings is 1. The Balaban J connectivity index is 1.93. The molecule has 0 radical (unpaired) electrons. The topological polar surface area (TPSA) is 58.6 Å². The van der Waals surface area contributed by atoms with Crippen LogP contribution < -0.4 is 5.56 Å². The van der Waals surface area contributed by atoms with E-state index in [0.29, 0.717) is 6.42 Å². The maximum Gasteiger partial charge on any atom is 0.254 e. The highest BCUT2D eigenvalue weighted by atomic mass is 32.1. The summed E-state index contributed by atoms with van der Waals surface area (Å²) < 4.78 is 0. The molecule has 0 spiro atoms. The average Bonchev–Trinajstić information content (AvgIpc) is 2.75. The minimum Gasteiger partial charge on any atom is -0.310 e. The molecule has 94 valence electrons. The van der Waals surface area contributed by atoms with Gasteiger partial charge in [0, 0.05) is 17.4 Å². The fraction of sp³-hybridized carbons (Fsp3) is 0.462. The predicted molar refractivity (Wildman–Crippen MR) is 71.2 cm³/mol. The van der Waals surface area contributed by atoms with Crippen molar-refractivity contribution in [2.75, 3.05) is 0 Å². The van der Waals surface area contributed by atoms with Crippen molar-refractivity contribution in [3.8, 4) is 0 Å². The molecule has 0 atom stereocenters. The molecule has 0 saturated heterocycles. The zero-order valence-corrected chi connectivity index (χ0v) is 11.1. The number of aromatic nitrogens is 3. The standard InChI is InChI=1S/C13H15N3OS/c1-8-14-9(7-18-8)6-12-15-11-5-3-2-4-10(11)13(17)16-12/h7H,2-6H2,1H3,(H,15,16,17). The molecular weight excluding hydrogens is 246 g/mol. The summed E-state index contributed by atoms with van der Waals surface area (Å²) in [6, 6.07) is 0. The van der Waals surface area contributed by atoms with Gasteiger partial charge in [0.15, 0.2) is 0 Å². The second-order valence-electron chi connectivity index (χ2n) is 4.68. The molecule has 2 aromatic heterocycles. The Morgan fingerprint density at radius 1 is 1.33 bits per heavy atom. The van der Waals surface area contributed by atoms with Gasteiger partial charge in [0.2, 0.25) is 0 Å². The first-order valence-corrected chi connectivity index (χ1v) is 7.12. The summed E-state index contributed by atoms with van der Waals surface area (Å²) in [4.78, 5) is 23.8. The SMILES string of the molecule is Cc1nc(Cc2nc3c(c(=O)[nH]2)CCCC3)cs1. The molecule has 4 nitrogen and oxygen atoms in total. The van der Waals surface area contributed by atoms with Gasteiger partial charge in [-0.1, -0.05) is 0 Å². The highest BCUT2D eigenvalue weighted by Gasteiger charge is 2.15. The number of H-pyrrole nitrogens is 1. The quantitative estimate of drug-likeness (QED) is 0.899. The number of hydrogen-bond acceptors (Lipinski definition) is 4. The van der Waals surface area contributed by atoms with Crippen molar-refractivity contribution in [1.29, 1.82) is 0 Å². The summed E-state index contributed by atoms with van der Waals surface area (Å²) in [5, 5.41) is 3.07. The molecule has 1 aliphatic carbocycles. The van der Waals surface area contributed by atoms with Crippen LogP contribution in [-0.2, 0) is 19.3 Å². The van der Waals surface area contributed by atoms with Crippen molar-refractivity contribution in [2.45, 2.75) is 39.0 Å². The molecule has 0 unspecified atom stereocenters. The van der Waals surface area contributed by atoms with Crippen molar-refractivity contribution in [2.24, 2.45) is 0 Å². The number of hydrogen-bond donors (Lipinski definition) is 1. The number of aromatic amines is 1. The number of nitrogens with zero attached hydrogens (tertiary/aromatic N) is 2. The lowest BCUT2D eigenvalue weighted by molar-refractivity contribution is 0.648.